The van der Waals surface area contributed by atoms with E-state index in [9.17, 15) is 8.42 Å². The Morgan fingerprint density at radius 2 is 2.17 bits per heavy atom. The van der Waals surface area contributed by atoms with E-state index in [0.29, 0.717) is 28.6 Å². The first-order valence-electron chi connectivity index (χ1n) is 7.62. The quantitative estimate of drug-likeness (QED) is 0.760. The van der Waals surface area contributed by atoms with Crippen molar-refractivity contribution in [1.82, 2.24) is 9.62 Å². The molecule has 0 saturated carbocycles. The lowest BCUT2D eigenvalue weighted by Crippen LogP contribution is -2.42. The number of methoxy groups -OCH3 is 1. The number of hydrogen-bond donors (Lipinski definition) is 1. The van der Waals surface area contributed by atoms with Crippen molar-refractivity contribution in [1.29, 1.82) is 0 Å². The van der Waals surface area contributed by atoms with Crippen LogP contribution < -0.4 is 9.46 Å². The van der Waals surface area contributed by atoms with Crippen LogP contribution in [0.15, 0.2) is 21.5 Å². The first-order valence-corrected chi connectivity index (χ1v) is 10.3. The van der Waals surface area contributed by atoms with Crippen molar-refractivity contribution in [3.8, 4) is 5.75 Å². The second-order valence-electron chi connectivity index (χ2n) is 5.70. The molecule has 1 saturated heterocycles. The van der Waals surface area contributed by atoms with Crippen LogP contribution in [-0.4, -0.2) is 46.1 Å². The number of ether oxygens (including phenoxy) is 1. The lowest BCUT2D eigenvalue weighted by molar-refractivity contribution is 0.164. The number of rotatable bonds is 6. The van der Waals surface area contributed by atoms with Crippen molar-refractivity contribution in [2.24, 2.45) is 0 Å². The predicted octanol–water partition coefficient (Wildman–Crippen LogP) is 3.26. The zero-order valence-electron chi connectivity index (χ0n) is 13.3. The summed E-state index contributed by atoms with van der Waals surface area (Å²) in [6.07, 6.45) is 3.59. The second-order valence-corrected chi connectivity index (χ2v) is 8.72. The van der Waals surface area contributed by atoms with E-state index in [-0.39, 0.29) is 10.6 Å². The van der Waals surface area contributed by atoms with Gasteiger partial charge in [0.15, 0.2) is 5.75 Å². The molecule has 1 aromatic rings. The van der Waals surface area contributed by atoms with Crippen LogP contribution in [0, 0.1) is 0 Å². The summed E-state index contributed by atoms with van der Waals surface area (Å²) in [5.74, 6) is 0.258. The number of hydrogen-bond acceptors (Lipinski definition) is 4. The Morgan fingerprint density at radius 1 is 1.43 bits per heavy atom. The summed E-state index contributed by atoms with van der Waals surface area (Å²) < 4.78 is 33.5. The molecular weight excluding hydrogens is 404 g/mol. The molecule has 8 heteroatoms. The number of halogens is 2. The fourth-order valence-electron chi connectivity index (χ4n) is 2.83. The minimum Gasteiger partial charge on any atom is -0.494 e. The van der Waals surface area contributed by atoms with Crippen molar-refractivity contribution in [2.75, 3.05) is 26.7 Å². The molecule has 1 aliphatic rings. The fraction of sp³-hybridized carbons (Fsp3) is 0.600. The van der Waals surface area contributed by atoms with Gasteiger partial charge < -0.3 is 4.74 Å². The van der Waals surface area contributed by atoms with Gasteiger partial charge in [0.1, 0.15) is 4.90 Å². The van der Waals surface area contributed by atoms with Crippen LogP contribution in [-0.2, 0) is 10.0 Å². The Morgan fingerprint density at radius 3 is 2.83 bits per heavy atom. The highest BCUT2D eigenvalue weighted by atomic mass is 79.9. The van der Waals surface area contributed by atoms with E-state index >= 15 is 0 Å². The Hall–Kier alpha value is -0.340. The highest BCUT2D eigenvalue weighted by molar-refractivity contribution is 9.10. The van der Waals surface area contributed by atoms with E-state index in [1.165, 1.54) is 32.4 Å². The monoisotopic (exact) mass is 424 g/mol. The smallest absolute Gasteiger partial charge is 0.244 e. The molecule has 0 spiro atoms. The van der Waals surface area contributed by atoms with Gasteiger partial charge in [-0.25, -0.2) is 13.1 Å². The highest BCUT2D eigenvalue weighted by Gasteiger charge is 2.23. The summed E-state index contributed by atoms with van der Waals surface area (Å²) in [5, 5.41) is 0.336. The maximum Gasteiger partial charge on any atom is 0.244 e. The average Bonchev–Trinajstić information content (AvgIpc) is 2.48. The minimum absolute atomic E-state index is 0.0473. The van der Waals surface area contributed by atoms with Gasteiger partial charge >= 0.3 is 0 Å². The second kappa shape index (κ2) is 8.16. The first-order chi connectivity index (χ1) is 10.8. The summed E-state index contributed by atoms with van der Waals surface area (Å²) >= 11 is 9.25. The van der Waals surface area contributed by atoms with E-state index in [2.05, 4.69) is 32.5 Å². The molecule has 0 bridgehead atoms. The van der Waals surface area contributed by atoms with Crippen molar-refractivity contribution >= 4 is 37.6 Å². The van der Waals surface area contributed by atoms with Crippen LogP contribution in [0.3, 0.4) is 0 Å². The number of likely N-dealkylation sites (tertiary alicyclic amines) is 1. The Kier molecular flexibility index (Phi) is 6.74. The number of piperidine rings is 1. The summed E-state index contributed by atoms with van der Waals surface area (Å²) in [4.78, 5) is 2.36. The molecule has 1 fully saturated rings. The number of nitrogens with zero attached hydrogens (tertiary/aromatic N) is 1. The van der Waals surface area contributed by atoms with Crippen LogP contribution in [0.2, 0.25) is 5.02 Å². The van der Waals surface area contributed by atoms with Gasteiger partial charge in [-0.2, -0.15) is 0 Å². The van der Waals surface area contributed by atoms with Gasteiger partial charge in [0, 0.05) is 24.2 Å². The Balaban J connectivity index is 2.07. The normalized spacial score (nSPS) is 19.7. The maximum absolute atomic E-state index is 12.6. The summed E-state index contributed by atoms with van der Waals surface area (Å²) in [7, 11) is -2.25. The van der Waals surface area contributed by atoms with E-state index < -0.39 is 10.0 Å². The van der Waals surface area contributed by atoms with Crippen LogP contribution in [0.5, 0.6) is 5.75 Å². The third kappa shape index (κ3) is 4.82. The summed E-state index contributed by atoms with van der Waals surface area (Å²) in [6.45, 7) is 4.27. The molecular formula is C15H22BrClN2O3S. The molecule has 0 aromatic heterocycles. The third-order valence-electron chi connectivity index (χ3n) is 4.10. The first kappa shape index (κ1) is 19.0. The van der Waals surface area contributed by atoms with Gasteiger partial charge in [0.2, 0.25) is 10.0 Å². The number of sulfonamides is 1. The molecule has 1 atom stereocenters. The lowest BCUT2D eigenvalue weighted by atomic mass is 10.0. The van der Waals surface area contributed by atoms with Crippen LogP contribution in [0.4, 0.5) is 0 Å². The predicted molar refractivity (Wildman–Crippen MR) is 95.8 cm³/mol. The topological polar surface area (TPSA) is 58.6 Å². The van der Waals surface area contributed by atoms with Gasteiger partial charge in [0.05, 0.1) is 11.6 Å². The molecule has 2 rings (SSSR count). The van der Waals surface area contributed by atoms with Gasteiger partial charge in [-0.3, -0.25) is 4.90 Å². The number of benzene rings is 1. The van der Waals surface area contributed by atoms with E-state index in [1.54, 1.807) is 6.07 Å². The van der Waals surface area contributed by atoms with Crippen molar-refractivity contribution < 1.29 is 13.2 Å². The van der Waals surface area contributed by atoms with Crippen LogP contribution in [0.1, 0.15) is 26.2 Å². The number of nitrogens with one attached hydrogen (secondary N) is 1. The molecule has 0 amide bonds. The van der Waals surface area contributed by atoms with Crippen molar-refractivity contribution in [3.05, 3.63) is 21.6 Å². The molecule has 0 unspecified atom stereocenters. The fourth-order valence-corrected chi connectivity index (χ4v) is 5.23. The van der Waals surface area contributed by atoms with Gasteiger partial charge in [-0.1, -0.05) is 18.0 Å². The molecule has 5 nitrogen and oxygen atoms in total. The average molecular weight is 426 g/mol. The molecule has 130 valence electrons. The minimum atomic E-state index is -3.68. The van der Waals surface area contributed by atoms with Crippen molar-refractivity contribution in [3.63, 3.8) is 0 Å². The summed E-state index contributed by atoms with van der Waals surface area (Å²) in [6, 6.07) is 3.51. The van der Waals surface area contributed by atoms with E-state index in [0.717, 1.165) is 6.54 Å². The lowest BCUT2D eigenvalue weighted by Gasteiger charge is -2.33. The molecule has 1 aliphatic heterocycles. The molecule has 1 heterocycles. The van der Waals surface area contributed by atoms with Gasteiger partial charge in [0.25, 0.3) is 0 Å². The SMILES string of the molecule is COc1c(Br)cc(Cl)cc1S(=O)(=O)NCCN1CCCC[C@H]1C. The molecule has 23 heavy (non-hydrogen) atoms. The maximum atomic E-state index is 12.6. The van der Waals surface area contributed by atoms with Gasteiger partial charge in [-0.15, -0.1) is 0 Å². The van der Waals surface area contributed by atoms with Crippen molar-refractivity contribution in [2.45, 2.75) is 37.1 Å². The summed E-state index contributed by atoms with van der Waals surface area (Å²) in [5.41, 5.74) is 0. The zero-order valence-corrected chi connectivity index (χ0v) is 16.5. The third-order valence-corrected chi connectivity index (χ3v) is 6.37. The zero-order chi connectivity index (χ0) is 17.0. The van der Waals surface area contributed by atoms with Crippen LogP contribution >= 0.6 is 27.5 Å². The molecule has 1 N–H and O–H groups in total. The standard InChI is InChI=1S/C15H22BrClN2O3S/c1-11-5-3-4-7-19(11)8-6-18-23(20,21)14-10-12(17)9-13(16)15(14)22-2/h9-11,18H,3-8H2,1-2H3/t11-/m1/s1. The largest absolute Gasteiger partial charge is 0.494 e. The Bertz CT molecular complexity index is 654. The molecule has 1 aromatic carbocycles. The van der Waals surface area contributed by atoms with E-state index in [1.807, 2.05) is 0 Å². The Labute approximate surface area is 151 Å². The van der Waals surface area contributed by atoms with E-state index in [4.69, 9.17) is 16.3 Å². The van der Waals surface area contributed by atoms with Crippen LogP contribution in [0.25, 0.3) is 0 Å². The molecule has 0 aliphatic carbocycles. The van der Waals surface area contributed by atoms with Gasteiger partial charge in [-0.05, 0) is 54.4 Å². The molecule has 0 radical (unpaired) electrons. The highest BCUT2D eigenvalue weighted by Crippen LogP contribution is 2.35.